The van der Waals surface area contributed by atoms with Crippen molar-refractivity contribution >= 4 is 0 Å². The largest absolute Gasteiger partial charge is 0.309 e. The van der Waals surface area contributed by atoms with Crippen LogP contribution in [-0.2, 0) is 0 Å². The minimum Gasteiger partial charge on any atom is -0.309 e. The smallest absolute Gasteiger partial charge is 0.00275 e. The standard InChI is InChI=1S/C6H8.C5H13N.C2H6/c1-3-5-6-4-2;1-4-5-6(2)3;1-2/h3-6H,1-2H2;4-5H2,1-3H3;1-2H3/b6-5-;;. The number of allylic oxidation sites excluding steroid dienone is 4. The lowest BCUT2D eigenvalue weighted by Crippen LogP contribution is -2.11. The van der Waals surface area contributed by atoms with Crippen LogP contribution in [-0.4, -0.2) is 25.5 Å². The van der Waals surface area contributed by atoms with Crippen LogP contribution in [0.5, 0.6) is 0 Å². The lowest BCUT2D eigenvalue weighted by molar-refractivity contribution is 0.408. The summed E-state index contributed by atoms with van der Waals surface area (Å²) in [5.74, 6) is 0. The fourth-order valence-electron chi connectivity index (χ4n) is 0.604. The van der Waals surface area contributed by atoms with Crippen LogP contribution >= 0.6 is 0 Å². The van der Waals surface area contributed by atoms with Crippen molar-refractivity contribution in [3.63, 3.8) is 0 Å². The van der Waals surface area contributed by atoms with E-state index in [1.54, 1.807) is 12.2 Å². The molecule has 0 amide bonds. The maximum Gasteiger partial charge on any atom is -0.00275 e. The van der Waals surface area contributed by atoms with Crippen LogP contribution in [0.2, 0.25) is 0 Å². The van der Waals surface area contributed by atoms with Gasteiger partial charge in [-0.2, -0.15) is 0 Å². The third-order valence-corrected chi connectivity index (χ3v) is 1.05. The predicted molar refractivity (Wildman–Crippen MR) is 69.7 cm³/mol. The molecule has 0 heterocycles. The van der Waals surface area contributed by atoms with E-state index in [2.05, 4.69) is 39.1 Å². The first-order valence-electron chi connectivity index (χ1n) is 5.23. The molecule has 0 spiro atoms. The van der Waals surface area contributed by atoms with Crippen LogP contribution in [0.15, 0.2) is 37.5 Å². The number of hydrogen-bond acceptors (Lipinski definition) is 1. The third-order valence-electron chi connectivity index (χ3n) is 1.05. The fraction of sp³-hybridized carbons (Fsp3) is 0.538. The first-order chi connectivity index (χ1) is 6.68. The van der Waals surface area contributed by atoms with Gasteiger partial charge in [0.25, 0.3) is 0 Å². The molecule has 1 nitrogen and oxygen atoms in total. The van der Waals surface area contributed by atoms with Crippen LogP contribution in [0, 0.1) is 0 Å². The third kappa shape index (κ3) is 43.2. The molecular weight excluding hydrogens is 170 g/mol. The molecule has 0 saturated carbocycles. The highest BCUT2D eigenvalue weighted by atomic mass is 15.0. The van der Waals surface area contributed by atoms with E-state index >= 15 is 0 Å². The summed E-state index contributed by atoms with van der Waals surface area (Å²) in [6.45, 7) is 14.3. The van der Waals surface area contributed by atoms with E-state index < -0.39 is 0 Å². The predicted octanol–water partition coefficient (Wildman–Crippen LogP) is 3.90. The average molecular weight is 197 g/mol. The van der Waals surface area contributed by atoms with Gasteiger partial charge in [-0.1, -0.05) is 58.2 Å². The van der Waals surface area contributed by atoms with E-state index in [-0.39, 0.29) is 0 Å². The Balaban J connectivity index is -0.000000147. The van der Waals surface area contributed by atoms with E-state index in [0.29, 0.717) is 0 Å². The summed E-state index contributed by atoms with van der Waals surface area (Å²) < 4.78 is 0. The Labute approximate surface area is 90.8 Å². The van der Waals surface area contributed by atoms with Crippen molar-refractivity contribution in [2.24, 2.45) is 0 Å². The summed E-state index contributed by atoms with van der Waals surface area (Å²) in [5.41, 5.74) is 0. The van der Waals surface area contributed by atoms with Crippen LogP contribution in [0.4, 0.5) is 0 Å². The zero-order valence-corrected chi connectivity index (χ0v) is 10.6. The van der Waals surface area contributed by atoms with Crippen LogP contribution in [0.25, 0.3) is 0 Å². The van der Waals surface area contributed by atoms with Gasteiger partial charge in [0.1, 0.15) is 0 Å². The Hall–Kier alpha value is -0.820. The molecular formula is C13H27N. The van der Waals surface area contributed by atoms with E-state index in [4.69, 9.17) is 0 Å². The Kier molecular flexibility index (Phi) is 30.7. The van der Waals surface area contributed by atoms with Crippen molar-refractivity contribution in [1.29, 1.82) is 0 Å². The topological polar surface area (TPSA) is 3.24 Å². The molecule has 14 heavy (non-hydrogen) atoms. The monoisotopic (exact) mass is 197 g/mol. The van der Waals surface area contributed by atoms with Gasteiger partial charge in [0, 0.05) is 0 Å². The Morgan fingerprint density at radius 1 is 1.00 bits per heavy atom. The molecule has 1 heteroatoms. The minimum absolute atomic E-state index is 1.21. The van der Waals surface area contributed by atoms with Crippen molar-refractivity contribution in [2.45, 2.75) is 27.2 Å². The number of rotatable bonds is 4. The lowest BCUT2D eigenvalue weighted by atomic mass is 10.5. The molecule has 0 aliphatic rings. The maximum absolute atomic E-state index is 3.46. The van der Waals surface area contributed by atoms with Crippen LogP contribution in [0.3, 0.4) is 0 Å². The van der Waals surface area contributed by atoms with Crippen molar-refractivity contribution < 1.29 is 0 Å². The van der Waals surface area contributed by atoms with Crippen LogP contribution in [0.1, 0.15) is 27.2 Å². The van der Waals surface area contributed by atoms with Gasteiger partial charge < -0.3 is 4.90 Å². The molecule has 0 aromatic carbocycles. The van der Waals surface area contributed by atoms with E-state index in [9.17, 15) is 0 Å². The van der Waals surface area contributed by atoms with E-state index in [1.807, 2.05) is 26.0 Å². The van der Waals surface area contributed by atoms with Gasteiger partial charge >= 0.3 is 0 Å². The Morgan fingerprint density at radius 3 is 1.43 bits per heavy atom. The Morgan fingerprint density at radius 2 is 1.36 bits per heavy atom. The second kappa shape index (κ2) is 22.8. The van der Waals surface area contributed by atoms with Gasteiger partial charge in [0.2, 0.25) is 0 Å². The van der Waals surface area contributed by atoms with Gasteiger partial charge in [0.05, 0.1) is 0 Å². The van der Waals surface area contributed by atoms with Gasteiger partial charge in [-0.15, -0.1) is 0 Å². The zero-order chi connectivity index (χ0) is 11.8. The molecule has 0 fully saturated rings. The van der Waals surface area contributed by atoms with Crippen molar-refractivity contribution in [3.05, 3.63) is 37.5 Å². The first-order valence-corrected chi connectivity index (χ1v) is 5.23. The summed E-state index contributed by atoms with van der Waals surface area (Å²) in [7, 11) is 4.17. The molecule has 0 N–H and O–H groups in total. The Bertz CT molecular complexity index is 113. The molecule has 0 radical (unpaired) electrons. The second-order valence-corrected chi connectivity index (χ2v) is 2.66. The summed E-state index contributed by atoms with van der Waals surface area (Å²) in [6.07, 6.45) is 8.33. The highest BCUT2D eigenvalue weighted by molar-refractivity contribution is 5.05. The normalized spacial score (nSPS) is 8.43. The van der Waals surface area contributed by atoms with Gasteiger partial charge in [0.15, 0.2) is 0 Å². The average Bonchev–Trinajstić information content (AvgIpc) is 2.18. The minimum atomic E-state index is 1.21. The first kappa shape index (κ1) is 18.9. The summed E-state index contributed by atoms with van der Waals surface area (Å²) in [6, 6.07) is 0. The maximum atomic E-state index is 3.46. The summed E-state index contributed by atoms with van der Waals surface area (Å²) >= 11 is 0. The van der Waals surface area contributed by atoms with Crippen molar-refractivity contribution in [3.8, 4) is 0 Å². The molecule has 0 aromatic rings. The molecule has 0 bridgehead atoms. The highest BCUT2D eigenvalue weighted by Crippen LogP contribution is 1.76. The van der Waals surface area contributed by atoms with Crippen molar-refractivity contribution in [2.75, 3.05) is 20.6 Å². The molecule has 0 saturated heterocycles. The number of nitrogens with zero attached hydrogens (tertiary/aromatic N) is 1. The molecule has 0 aliphatic heterocycles. The molecule has 84 valence electrons. The molecule has 0 unspecified atom stereocenters. The van der Waals surface area contributed by atoms with Gasteiger partial charge in [-0.3, -0.25) is 0 Å². The number of hydrogen-bond donors (Lipinski definition) is 0. The second-order valence-electron chi connectivity index (χ2n) is 2.66. The fourth-order valence-corrected chi connectivity index (χ4v) is 0.604. The van der Waals surface area contributed by atoms with E-state index in [1.165, 1.54) is 13.0 Å². The highest BCUT2D eigenvalue weighted by Gasteiger charge is 1.79. The van der Waals surface area contributed by atoms with Crippen molar-refractivity contribution in [1.82, 2.24) is 4.90 Å². The molecule has 0 aromatic heterocycles. The quantitative estimate of drug-likeness (QED) is 0.618. The van der Waals surface area contributed by atoms with E-state index in [0.717, 1.165) is 0 Å². The van der Waals surface area contributed by atoms with Gasteiger partial charge in [-0.05, 0) is 27.1 Å². The zero-order valence-electron chi connectivity index (χ0n) is 10.6. The molecule has 0 rings (SSSR count). The molecule has 0 atom stereocenters. The SMILES string of the molecule is C=C/C=C\C=C.CC.CCCN(C)C. The van der Waals surface area contributed by atoms with Crippen LogP contribution < -0.4 is 0 Å². The summed E-state index contributed by atoms with van der Waals surface area (Å²) in [5, 5.41) is 0. The summed E-state index contributed by atoms with van der Waals surface area (Å²) in [4.78, 5) is 2.18. The van der Waals surface area contributed by atoms with Gasteiger partial charge in [-0.25, -0.2) is 0 Å². The lowest BCUT2D eigenvalue weighted by Gasteiger charge is -2.03. The molecule has 0 aliphatic carbocycles.